The minimum Gasteiger partial charge on any atom is -0.304 e. The monoisotopic (exact) mass is 301 g/mol. The maximum atomic E-state index is 11.5. The molecule has 1 N–H and O–H groups in total. The molecular weight excluding hydrogens is 294 g/mol. The molecule has 88 valence electrons. The molecule has 3 aromatic rings. The van der Waals surface area contributed by atoms with Gasteiger partial charge in [0.05, 0.1) is 5.52 Å². The molecule has 0 radical (unpaired) electrons. The summed E-state index contributed by atoms with van der Waals surface area (Å²) in [5, 5.41) is 1.06. The fourth-order valence-corrected chi connectivity index (χ4v) is 1.91. The second-order valence-electron chi connectivity index (χ2n) is 3.80. The van der Waals surface area contributed by atoms with Gasteiger partial charge in [0, 0.05) is 11.6 Å². The summed E-state index contributed by atoms with van der Waals surface area (Å²) in [6, 6.07) is 11.6. The van der Waals surface area contributed by atoms with Crippen LogP contribution in [0.2, 0.25) is 0 Å². The van der Waals surface area contributed by atoms with Gasteiger partial charge in [-0.15, -0.1) is 0 Å². The number of pyridine rings is 1. The van der Waals surface area contributed by atoms with E-state index >= 15 is 0 Å². The van der Waals surface area contributed by atoms with Gasteiger partial charge in [-0.05, 0) is 28.1 Å². The molecule has 2 aromatic heterocycles. The van der Waals surface area contributed by atoms with Crippen molar-refractivity contribution in [3.8, 4) is 11.5 Å². The predicted octanol–water partition coefficient (Wildman–Crippen LogP) is 2.75. The lowest BCUT2D eigenvalue weighted by atomic mass is 10.2. The molecule has 0 amide bonds. The van der Waals surface area contributed by atoms with Crippen molar-refractivity contribution in [1.29, 1.82) is 0 Å². The van der Waals surface area contributed by atoms with Crippen molar-refractivity contribution < 1.29 is 0 Å². The fourth-order valence-electron chi connectivity index (χ4n) is 1.71. The van der Waals surface area contributed by atoms with Crippen LogP contribution in [0, 0.1) is 0 Å². The zero-order valence-corrected chi connectivity index (χ0v) is 10.8. The quantitative estimate of drug-likeness (QED) is 0.752. The average molecular weight is 302 g/mol. The summed E-state index contributed by atoms with van der Waals surface area (Å²) < 4.78 is 0.409. The van der Waals surface area contributed by atoms with E-state index in [9.17, 15) is 4.79 Å². The molecule has 0 spiro atoms. The summed E-state index contributed by atoms with van der Waals surface area (Å²) in [6.45, 7) is 0. The van der Waals surface area contributed by atoms with Gasteiger partial charge in [0.15, 0.2) is 5.82 Å². The Morgan fingerprint density at radius 3 is 2.78 bits per heavy atom. The lowest BCUT2D eigenvalue weighted by Gasteiger charge is -2.02. The van der Waals surface area contributed by atoms with Crippen LogP contribution in [-0.4, -0.2) is 15.0 Å². The Bertz CT molecular complexity index is 782. The third kappa shape index (κ3) is 1.93. The number of aromatic amines is 1. The average Bonchev–Trinajstić information content (AvgIpc) is 2.41. The van der Waals surface area contributed by atoms with Crippen LogP contribution in [0.3, 0.4) is 0 Å². The van der Waals surface area contributed by atoms with Crippen LogP contribution >= 0.6 is 15.9 Å². The summed E-state index contributed by atoms with van der Waals surface area (Å²) in [5.41, 5.74) is 1.31. The second kappa shape index (κ2) is 4.34. The number of hydrogen-bond acceptors (Lipinski definition) is 3. The van der Waals surface area contributed by atoms with E-state index in [0.29, 0.717) is 16.0 Å². The first-order valence-corrected chi connectivity index (χ1v) is 6.14. The van der Waals surface area contributed by atoms with E-state index in [1.54, 1.807) is 0 Å². The smallest absolute Gasteiger partial charge is 0.265 e. The highest BCUT2D eigenvalue weighted by Gasteiger charge is 2.05. The van der Waals surface area contributed by atoms with E-state index in [4.69, 9.17) is 0 Å². The Morgan fingerprint density at radius 1 is 1.11 bits per heavy atom. The fraction of sp³-hybridized carbons (Fsp3) is 0. The number of nitrogens with zero attached hydrogens (tertiary/aromatic N) is 2. The van der Waals surface area contributed by atoms with Gasteiger partial charge in [-0.3, -0.25) is 4.79 Å². The predicted molar refractivity (Wildman–Crippen MR) is 73.3 cm³/mol. The zero-order valence-electron chi connectivity index (χ0n) is 9.22. The molecule has 18 heavy (non-hydrogen) atoms. The van der Waals surface area contributed by atoms with Gasteiger partial charge in [-0.1, -0.05) is 24.3 Å². The van der Waals surface area contributed by atoms with E-state index in [-0.39, 0.29) is 5.56 Å². The molecule has 2 heterocycles. The number of halogens is 1. The van der Waals surface area contributed by atoms with Crippen molar-refractivity contribution in [1.82, 2.24) is 15.0 Å². The standard InChI is InChI=1S/C13H8BrN3O/c14-9-7-15-12(17-13(9)18)11-6-5-8-3-1-2-4-10(8)16-11/h1-7H,(H,15,17,18). The Balaban J connectivity index is 2.19. The molecule has 3 rings (SSSR count). The zero-order chi connectivity index (χ0) is 12.5. The van der Waals surface area contributed by atoms with Gasteiger partial charge in [0.25, 0.3) is 5.56 Å². The topological polar surface area (TPSA) is 58.6 Å². The molecule has 1 aromatic carbocycles. The van der Waals surface area contributed by atoms with Crippen LogP contribution in [0.25, 0.3) is 22.4 Å². The normalized spacial score (nSPS) is 10.7. The molecule has 5 heteroatoms. The molecule has 0 saturated heterocycles. The van der Waals surface area contributed by atoms with Gasteiger partial charge < -0.3 is 4.98 Å². The number of nitrogens with one attached hydrogen (secondary N) is 1. The Morgan fingerprint density at radius 2 is 1.94 bits per heavy atom. The molecule has 0 bridgehead atoms. The minimum absolute atomic E-state index is 0.213. The van der Waals surface area contributed by atoms with Crippen molar-refractivity contribution in [2.24, 2.45) is 0 Å². The highest BCUT2D eigenvalue weighted by atomic mass is 79.9. The number of rotatable bonds is 1. The number of aromatic nitrogens is 3. The molecule has 0 fully saturated rings. The van der Waals surface area contributed by atoms with Crippen LogP contribution in [-0.2, 0) is 0 Å². The van der Waals surface area contributed by atoms with Gasteiger partial charge in [0.2, 0.25) is 0 Å². The van der Waals surface area contributed by atoms with Crippen molar-refractivity contribution in [3.05, 3.63) is 57.4 Å². The van der Waals surface area contributed by atoms with E-state index in [1.165, 1.54) is 6.20 Å². The summed E-state index contributed by atoms with van der Waals surface area (Å²) in [6.07, 6.45) is 1.48. The largest absolute Gasteiger partial charge is 0.304 e. The van der Waals surface area contributed by atoms with E-state index in [2.05, 4.69) is 30.9 Å². The molecule has 0 unspecified atom stereocenters. The summed E-state index contributed by atoms with van der Waals surface area (Å²) >= 11 is 3.12. The number of benzene rings is 1. The molecular formula is C13H8BrN3O. The van der Waals surface area contributed by atoms with Gasteiger partial charge in [-0.25, -0.2) is 9.97 Å². The van der Waals surface area contributed by atoms with Crippen molar-refractivity contribution >= 4 is 26.8 Å². The van der Waals surface area contributed by atoms with E-state index < -0.39 is 0 Å². The molecule has 0 atom stereocenters. The van der Waals surface area contributed by atoms with Crippen LogP contribution in [0.4, 0.5) is 0 Å². The second-order valence-corrected chi connectivity index (χ2v) is 4.65. The van der Waals surface area contributed by atoms with Crippen molar-refractivity contribution in [2.75, 3.05) is 0 Å². The van der Waals surface area contributed by atoms with Crippen molar-refractivity contribution in [2.45, 2.75) is 0 Å². The Labute approximate surface area is 111 Å². The van der Waals surface area contributed by atoms with Crippen molar-refractivity contribution in [3.63, 3.8) is 0 Å². The number of H-pyrrole nitrogens is 1. The molecule has 0 saturated carbocycles. The summed E-state index contributed by atoms with van der Waals surface area (Å²) in [4.78, 5) is 22.8. The number of hydrogen-bond donors (Lipinski definition) is 1. The van der Waals surface area contributed by atoms with Crippen LogP contribution in [0.15, 0.2) is 51.9 Å². The lowest BCUT2D eigenvalue weighted by molar-refractivity contribution is 1.09. The molecule has 0 aliphatic carbocycles. The minimum atomic E-state index is -0.213. The highest BCUT2D eigenvalue weighted by Crippen LogP contribution is 2.17. The summed E-state index contributed by atoms with van der Waals surface area (Å²) in [5.74, 6) is 0.467. The third-order valence-corrected chi connectivity index (χ3v) is 3.16. The van der Waals surface area contributed by atoms with E-state index in [0.717, 1.165) is 10.9 Å². The third-order valence-electron chi connectivity index (χ3n) is 2.60. The van der Waals surface area contributed by atoms with Crippen LogP contribution < -0.4 is 5.56 Å². The number of para-hydroxylation sites is 1. The highest BCUT2D eigenvalue weighted by molar-refractivity contribution is 9.10. The SMILES string of the molecule is O=c1[nH]c(-c2ccc3ccccc3n2)ncc1Br. The van der Waals surface area contributed by atoms with Gasteiger partial charge >= 0.3 is 0 Å². The Kier molecular flexibility index (Phi) is 2.68. The molecule has 4 nitrogen and oxygen atoms in total. The van der Waals surface area contributed by atoms with Gasteiger partial charge in [0.1, 0.15) is 10.2 Å². The first-order valence-electron chi connectivity index (χ1n) is 5.35. The summed E-state index contributed by atoms with van der Waals surface area (Å²) in [7, 11) is 0. The van der Waals surface area contributed by atoms with Crippen LogP contribution in [0.5, 0.6) is 0 Å². The van der Waals surface area contributed by atoms with Crippen LogP contribution in [0.1, 0.15) is 0 Å². The maximum Gasteiger partial charge on any atom is 0.265 e. The maximum absolute atomic E-state index is 11.5. The molecule has 0 aliphatic rings. The first kappa shape index (κ1) is 11.1. The van der Waals surface area contributed by atoms with Gasteiger partial charge in [-0.2, -0.15) is 0 Å². The Hall–Kier alpha value is -2.01. The molecule has 0 aliphatic heterocycles. The first-order chi connectivity index (χ1) is 8.74. The lowest BCUT2D eigenvalue weighted by Crippen LogP contribution is -2.09. The van der Waals surface area contributed by atoms with E-state index in [1.807, 2.05) is 36.4 Å². The number of fused-ring (bicyclic) bond motifs is 1.